The van der Waals surface area contributed by atoms with Gasteiger partial charge in [0, 0.05) is 30.0 Å². The number of hydrogen-bond donors (Lipinski definition) is 2. The molecule has 0 radical (unpaired) electrons. The predicted molar refractivity (Wildman–Crippen MR) is 107 cm³/mol. The first-order chi connectivity index (χ1) is 14.7. The van der Waals surface area contributed by atoms with Gasteiger partial charge in [-0.3, -0.25) is 5.21 Å². The lowest BCUT2D eigenvalue weighted by Gasteiger charge is -2.18. The molecule has 162 valence electrons. The molecule has 0 aliphatic carbocycles. The summed E-state index contributed by atoms with van der Waals surface area (Å²) < 4.78 is 46.0. The summed E-state index contributed by atoms with van der Waals surface area (Å²) in [6.07, 6.45) is 2.82. The van der Waals surface area contributed by atoms with Crippen LogP contribution in [0.5, 0.6) is 5.75 Å². The first-order valence-corrected chi connectivity index (χ1v) is 10.5. The van der Waals surface area contributed by atoms with Gasteiger partial charge in [0.2, 0.25) is 22.4 Å². The minimum atomic E-state index is -3.86. The number of benzene rings is 2. The molecule has 1 aromatic heterocycles. The minimum Gasteiger partial charge on any atom is -0.481 e. The van der Waals surface area contributed by atoms with E-state index in [-0.39, 0.29) is 17.2 Å². The van der Waals surface area contributed by atoms with Gasteiger partial charge in [0.1, 0.15) is 11.6 Å². The van der Waals surface area contributed by atoms with E-state index in [1.807, 2.05) is 0 Å². The van der Waals surface area contributed by atoms with Crippen LogP contribution in [-0.2, 0) is 21.4 Å². The molecule has 0 unspecified atom stereocenters. The number of aliphatic carboxylic acids is 1. The van der Waals surface area contributed by atoms with E-state index in [0.29, 0.717) is 16.7 Å². The molecule has 0 amide bonds. The normalized spacial score (nSPS) is 11.5. The lowest BCUT2D eigenvalue weighted by Crippen LogP contribution is -2.28. The van der Waals surface area contributed by atoms with Crippen molar-refractivity contribution < 1.29 is 37.4 Å². The number of pyridine rings is 1. The van der Waals surface area contributed by atoms with E-state index in [9.17, 15) is 22.8 Å². The third kappa shape index (κ3) is 5.36. The maximum atomic E-state index is 13.1. The van der Waals surface area contributed by atoms with E-state index in [0.717, 1.165) is 21.2 Å². The summed E-state index contributed by atoms with van der Waals surface area (Å²) in [5, 5.41) is 18.6. The average Bonchev–Trinajstić information content (AvgIpc) is 2.73. The SMILES string of the molecule is CN(Cc1ccc(OCC(=O)O)c(-c2ccc[n+](O)c2)c1)S(=O)(=O)c1ccc(F)cc1. The fourth-order valence-electron chi connectivity index (χ4n) is 2.92. The zero-order chi connectivity index (χ0) is 22.6. The van der Waals surface area contributed by atoms with Gasteiger partial charge in [-0.1, -0.05) is 6.07 Å². The molecule has 8 nitrogen and oxygen atoms in total. The third-order valence-corrected chi connectivity index (χ3v) is 6.24. The largest absolute Gasteiger partial charge is 0.481 e. The summed E-state index contributed by atoms with van der Waals surface area (Å²) >= 11 is 0. The van der Waals surface area contributed by atoms with Crippen LogP contribution in [-0.4, -0.2) is 42.7 Å². The van der Waals surface area contributed by atoms with Crippen molar-refractivity contribution in [1.82, 2.24) is 4.31 Å². The van der Waals surface area contributed by atoms with Crippen molar-refractivity contribution in [2.24, 2.45) is 0 Å². The van der Waals surface area contributed by atoms with Crippen LogP contribution in [0.3, 0.4) is 0 Å². The summed E-state index contributed by atoms with van der Waals surface area (Å²) in [5.74, 6) is -1.42. The van der Waals surface area contributed by atoms with Crippen molar-refractivity contribution in [3.05, 3.63) is 78.4 Å². The molecular formula is C21H20FN2O6S+. The molecule has 2 aromatic carbocycles. The molecule has 31 heavy (non-hydrogen) atoms. The van der Waals surface area contributed by atoms with E-state index >= 15 is 0 Å². The van der Waals surface area contributed by atoms with Gasteiger partial charge in [-0.05, 0) is 48.0 Å². The Kier molecular flexibility index (Phi) is 6.52. The number of halogens is 1. The number of aromatic nitrogens is 1. The molecule has 0 bridgehead atoms. The van der Waals surface area contributed by atoms with Gasteiger partial charge in [0.05, 0.1) is 10.5 Å². The van der Waals surface area contributed by atoms with Crippen molar-refractivity contribution in [2.45, 2.75) is 11.4 Å². The number of rotatable bonds is 8. The van der Waals surface area contributed by atoms with Gasteiger partial charge in [-0.25, -0.2) is 17.6 Å². The van der Waals surface area contributed by atoms with Crippen molar-refractivity contribution in [3.8, 4) is 16.9 Å². The Balaban J connectivity index is 1.93. The van der Waals surface area contributed by atoms with Gasteiger partial charge >= 0.3 is 5.97 Å². The Morgan fingerprint density at radius 3 is 2.52 bits per heavy atom. The van der Waals surface area contributed by atoms with Crippen LogP contribution in [0, 0.1) is 5.82 Å². The van der Waals surface area contributed by atoms with Gasteiger partial charge in [-0.2, -0.15) is 4.31 Å². The summed E-state index contributed by atoms with van der Waals surface area (Å²) in [7, 11) is -2.46. The highest BCUT2D eigenvalue weighted by Crippen LogP contribution is 2.31. The van der Waals surface area contributed by atoms with Crippen LogP contribution in [0.4, 0.5) is 4.39 Å². The van der Waals surface area contributed by atoms with Gasteiger partial charge in [-0.15, -0.1) is 0 Å². The third-order valence-electron chi connectivity index (χ3n) is 4.42. The molecule has 0 atom stereocenters. The summed E-state index contributed by atoms with van der Waals surface area (Å²) in [6, 6.07) is 12.6. The second kappa shape index (κ2) is 9.11. The molecule has 0 spiro atoms. The number of carboxylic acids is 1. The van der Waals surface area contributed by atoms with E-state index in [1.54, 1.807) is 30.3 Å². The van der Waals surface area contributed by atoms with E-state index in [2.05, 4.69) is 0 Å². The number of carbonyl (C=O) groups is 1. The maximum Gasteiger partial charge on any atom is 0.341 e. The molecule has 1 heterocycles. The van der Waals surface area contributed by atoms with Gasteiger partial charge in [0.25, 0.3) is 0 Å². The highest BCUT2D eigenvalue weighted by molar-refractivity contribution is 7.89. The van der Waals surface area contributed by atoms with Crippen LogP contribution in [0.2, 0.25) is 0 Å². The highest BCUT2D eigenvalue weighted by atomic mass is 32.2. The smallest absolute Gasteiger partial charge is 0.341 e. The first kappa shape index (κ1) is 22.2. The second-order valence-electron chi connectivity index (χ2n) is 6.70. The van der Waals surface area contributed by atoms with Crippen LogP contribution in [0.1, 0.15) is 5.56 Å². The van der Waals surface area contributed by atoms with E-state index < -0.39 is 28.4 Å². The summed E-state index contributed by atoms with van der Waals surface area (Å²) in [5.41, 5.74) is 1.62. The standard InChI is InChI=1S/C21H19FN2O6S/c1-23(31(28,29)18-7-5-17(22)6-8-18)12-15-4-9-20(30-14-21(25)26)19(11-15)16-3-2-10-24(27)13-16/h2-11,13H,12,14H2,1H3,(H-,25,26,27)/p+1. The lowest BCUT2D eigenvalue weighted by atomic mass is 10.0. The van der Waals surface area contributed by atoms with Crippen molar-refractivity contribution >= 4 is 16.0 Å². The highest BCUT2D eigenvalue weighted by Gasteiger charge is 2.22. The number of ether oxygens (including phenoxy) is 1. The van der Waals surface area contributed by atoms with Crippen LogP contribution in [0.15, 0.2) is 71.9 Å². The molecule has 0 aliphatic heterocycles. The zero-order valence-corrected chi connectivity index (χ0v) is 17.3. The Hall–Kier alpha value is -3.50. The first-order valence-electron chi connectivity index (χ1n) is 9.07. The number of hydrogen-bond acceptors (Lipinski definition) is 5. The van der Waals surface area contributed by atoms with Crippen molar-refractivity contribution in [2.75, 3.05) is 13.7 Å². The fraction of sp³-hybridized carbons (Fsp3) is 0.143. The maximum absolute atomic E-state index is 13.1. The van der Waals surface area contributed by atoms with Crippen LogP contribution < -0.4 is 9.47 Å². The van der Waals surface area contributed by atoms with Crippen LogP contribution in [0.25, 0.3) is 11.1 Å². The second-order valence-corrected chi connectivity index (χ2v) is 8.75. The number of carboxylic acid groups (broad SMARTS) is 1. The number of nitrogens with zero attached hydrogens (tertiary/aromatic N) is 2. The lowest BCUT2D eigenvalue weighted by molar-refractivity contribution is -0.904. The fourth-order valence-corrected chi connectivity index (χ4v) is 4.08. The Bertz CT molecular complexity index is 1200. The summed E-state index contributed by atoms with van der Waals surface area (Å²) in [4.78, 5) is 10.8. The minimum absolute atomic E-state index is 0.00210. The molecule has 0 aliphatic rings. The molecule has 2 N–H and O–H groups in total. The average molecular weight is 447 g/mol. The van der Waals surface area contributed by atoms with Gasteiger partial charge < -0.3 is 9.84 Å². The van der Waals surface area contributed by atoms with Crippen molar-refractivity contribution in [3.63, 3.8) is 0 Å². The van der Waals surface area contributed by atoms with Crippen LogP contribution >= 0.6 is 0 Å². The molecule has 10 heteroatoms. The molecule has 0 saturated heterocycles. The monoisotopic (exact) mass is 447 g/mol. The zero-order valence-electron chi connectivity index (χ0n) is 16.5. The number of sulfonamides is 1. The van der Waals surface area contributed by atoms with Crippen molar-refractivity contribution in [1.29, 1.82) is 0 Å². The summed E-state index contributed by atoms with van der Waals surface area (Å²) in [6.45, 7) is -0.560. The molecular weight excluding hydrogens is 427 g/mol. The molecule has 3 aromatic rings. The topological polar surface area (TPSA) is 108 Å². The van der Waals surface area contributed by atoms with E-state index in [4.69, 9.17) is 9.84 Å². The predicted octanol–water partition coefficient (Wildman–Crippen LogP) is 2.30. The molecule has 0 fully saturated rings. The molecule has 3 rings (SSSR count). The Labute approximate surface area is 178 Å². The Morgan fingerprint density at radius 1 is 1.16 bits per heavy atom. The van der Waals surface area contributed by atoms with Gasteiger partial charge in [0.15, 0.2) is 6.61 Å². The quantitative estimate of drug-likeness (QED) is 0.405. The van der Waals surface area contributed by atoms with E-state index in [1.165, 1.54) is 31.6 Å². The Morgan fingerprint density at radius 2 is 1.87 bits per heavy atom. The molecule has 0 saturated carbocycles.